The summed E-state index contributed by atoms with van der Waals surface area (Å²) < 4.78 is 0. The molecule has 0 fully saturated rings. The predicted molar refractivity (Wildman–Crippen MR) is 93.4 cm³/mol. The minimum Gasteiger partial charge on any atom is -0.367 e. The van der Waals surface area contributed by atoms with Crippen LogP contribution in [-0.4, -0.2) is 16.7 Å². The highest BCUT2D eigenvalue weighted by Gasteiger charge is 2.11. The molecule has 3 aromatic rings. The molecular formula is C18H20ClN3. The highest BCUT2D eigenvalue weighted by molar-refractivity contribution is 6.30. The van der Waals surface area contributed by atoms with E-state index in [9.17, 15) is 0 Å². The Balaban J connectivity index is 1.89. The Kier molecular flexibility index (Phi) is 4.34. The van der Waals surface area contributed by atoms with Gasteiger partial charge in [0.1, 0.15) is 0 Å². The summed E-state index contributed by atoms with van der Waals surface area (Å²) in [4.78, 5) is 2.40. The Morgan fingerprint density at radius 2 is 1.91 bits per heavy atom. The zero-order chi connectivity index (χ0) is 15.5. The maximum Gasteiger partial charge on any atom is 0.0651 e. The third-order valence-electron chi connectivity index (χ3n) is 3.66. The highest BCUT2D eigenvalue weighted by Crippen LogP contribution is 2.23. The van der Waals surface area contributed by atoms with Crippen molar-refractivity contribution < 1.29 is 0 Å². The van der Waals surface area contributed by atoms with Crippen LogP contribution in [0.25, 0.3) is 10.9 Å². The van der Waals surface area contributed by atoms with Gasteiger partial charge in [-0.1, -0.05) is 37.6 Å². The molecule has 0 aliphatic rings. The number of H-pyrrole nitrogens is 1. The van der Waals surface area contributed by atoms with Gasteiger partial charge in [-0.15, -0.1) is 0 Å². The van der Waals surface area contributed by atoms with Gasteiger partial charge in [-0.3, -0.25) is 5.10 Å². The second kappa shape index (κ2) is 6.41. The maximum absolute atomic E-state index is 5.98. The van der Waals surface area contributed by atoms with E-state index >= 15 is 0 Å². The van der Waals surface area contributed by atoms with Crippen LogP contribution in [0.1, 0.15) is 19.4 Å². The van der Waals surface area contributed by atoms with Crippen LogP contribution >= 0.6 is 11.6 Å². The van der Waals surface area contributed by atoms with Crippen LogP contribution in [-0.2, 0) is 6.54 Å². The third-order valence-corrected chi connectivity index (χ3v) is 3.91. The average molecular weight is 314 g/mol. The lowest BCUT2D eigenvalue weighted by Gasteiger charge is -2.27. The van der Waals surface area contributed by atoms with Crippen molar-refractivity contribution in [1.82, 2.24) is 10.2 Å². The molecule has 4 heteroatoms. The third kappa shape index (κ3) is 3.42. The predicted octanol–water partition coefficient (Wildman–Crippen LogP) is 4.88. The molecule has 0 saturated heterocycles. The molecule has 0 radical (unpaired) electrons. The molecule has 0 aliphatic carbocycles. The molecule has 0 bridgehead atoms. The van der Waals surface area contributed by atoms with Crippen molar-refractivity contribution in [3.8, 4) is 0 Å². The van der Waals surface area contributed by atoms with Crippen molar-refractivity contribution in [2.75, 3.05) is 11.4 Å². The topological polar surface area (TPSA) is 31.9 Å². The summed E-state index contributed by atoms with van der Waals surface area (Å²) in [6.07, 6.45) is 1.87. The van der Waals surface area contributed by atoms with Crippen molar-refractivity contribution in [2.24, 2.45) is 5.92 Å². The van der Waals surface area contributed by atoms with E-state index in [-0.39, 0.29) is 0 Å². The fourth-order valence-electron chi connectivity index (χ4n) is 2.64. The Labute approximate surface area is 135 Å². The fraction of sp³-hybridized carbons (Fsp3) is 0.278. The number of anilines is 1. The van der Waals surface area contributed by atoms with Crippen LogP contribution in [0, 0.1) is 5.92 Å². The molecule has 0 unspecified atom stereocenters. The summed E-state index contributed by atoms with van der Waals surface area (Å²) in [6.45, 7) is 6.36. The van der Waals surface area contributed by atoms with Gasteiger partial charge in [-0.25, -0.2) is 0 Å². The first-order chi connectivity index (χ1) is 10.6. The highest BCUT2D eigenvalue weighted by atomic mass is 35.5. The first-order valence-corrected chi connectivity index (χ1v) is 7.92. The smallest absolute Gasteiger partial charge is 0.0651 e. The molecule has 1 heterocycles. The van der Waals surface area contributed by atoms with Gasteiger partial charge in [0.2, 0.25) is 0 Å². The van der Waals surface area contributed by atoms with Crippen molar-refractivity contribution in [3.05, 3.63) is 59.2 Å². The van der Waals surface area contributed by atoms with E-state index in [1.807, 2.05) is 18.3 Å². The number of fused-ring (bicyclic) bond motifs is 1. The lowest BCUT2D eigenvalue weighted by atomic mass is 10.1. The Morgan fingerprint density at radius 3 is 2.64 bits per heavy atom. The number of aromatic nitrogens is 2. The Hall–Kier alpha value is -2.00. The largest absolute Gasteiger partial charge is 0.367 e. The maximum atomic E-state index is 5.98. The van der Waals surface area contributed by atoms with E-state index < -0.39 is 0 Å². The molecule has 114 valence electrons. The monoisotopic (exact) mass is 313 g/mol. The average Bonchev–Trinajstić information content (AvgIpc) is 2.96. The zero-order valence-electron chi connectivity index (χ0n) is 12.9. The van der Waals surface area contributed by atoms with Crippen LogP contribution in [0.4, 0.5) is 5.69 Å². The molecule has 0 saturated carbocycles. The molecule has 1 aromatic heterocycles. The van der Waals surface area contributed by atoms with E-state index in [1.54, 1.807) is 0 Å². The standard InChI is InChI=1S/C18H20ClN3/c1-13(2)11-22(12-14-3-5-16(19)6-4-14)17-7-8-18-15(9-17)10-20-21-18/h3-10,13H,11-12H2,1-2H3,(H,20,21). The van der Waals surface area contributed by atoms with Crippen LogP contribution in [0.15, 0.2) is 48.7 Å². The van der Waals surface area contributed by atoms with Crippen molar-refractivity contribution in [1.29, 1.82) is 0 Å². The van der Waals surface area contributed by atoms with Crippen LogP contribution in [0.5, 0.6) is 0 Å². The summed E-state index contributed by atoms with van der Waals surface area (Å²) in [5, 5.41) is 9.02. The van der Waals surface area contributed by atoms with Crippen LogP contribution < -0.4 is 4.90 Å². The van der Waals surface area contributed by atoms with Gasteiger partial charge in [0, 0.05) is 29.2 Å². The molecule has 0 amide bonds. The van der Waals surface area contributed by atoms with Gasteiger partial charge < -0.3 is 4.90 Å². The lowest BCUT2D eigenvalue weighted by Crippen LogP contribution is -2.27. The Morgan fingerprint density at radius 1 is 1.14 bits per heavy atom. The van der Waals surface area contributed by atoms with Gasteiger partial charge in [0.05, 0.1) is 11.7 Å². The molecule has 1 N–H and O–H groups in total. The van der Waals surface area contributed by atoms with E-state index in [1.165, 1.54) is 11.3 Å². The molecule has 22 heavy (non-hydrogen) atoms. The number of nitrogens with one attached hydrogen (secondary N) is 1. The SMILES string of the molecule is CC(C)CN(Cc1ccc(Cl)cc1)c1ccc2[nH]ncc2c1. The van der Waals surface area contributed by atoms with Crippen molar-refractivity contribution in [3.63, 3.8) is 0 Å². The van der Waals surface area contributed by atoms with Gasteiger partial charge in [0.15, 0.2) is 0 Å². The van der Waals surface area contributed by atoms with E-state index in [0.717, 1.165) is 29.0 Å². The van der Waals surface area contributed by atoms with Crippen LogP contribution in [0.2, 0.25) is 5.02 Å². The molecule has 2 aromatic carbocycles. The second-order valence-corrected chi connectivity index (χ2v) is 6.48. The first kappa shape index (κ1) is 14.9. The number of hydrogen-bond acceptors (Lipinski definition) is 2. The molecule has 3 nitrogen and oxygen atoms in total. The number of aromatic amines is 1. The molecule has 0 atom stereocenters. The second-order valence-electron chi connectivity index (χ2n) is 6.04. The van der Waals surface area contributed by atoms with E-state index in [4.69, 9.17) is 11.6 Å². The fourth-order valence-corrected chi connectivity index (χ4v) is 2.77. The van der Waals surface area contributed by atoms with Crippen molar-refractivity contribution in [2.45, 2.75) is 20.4 Å². The number of benzene rings is 2. The zero-order valence-corrected chi connectivity index (χ0v) is 13.6. The van der Waals surface area contributed by atoms with Gasteiger partial charge in [-0.05, 0) is 41.8 Å². The number of rotatable bonds is 5. The summed E-state index contributed by atoms with van der Waals surface area (Å²) in [6, 6.07) is 14.5. The number of hydrogen-bond donors (Lipinski definition) is 1. The summed E-state index contributed by atoms with van der Waals surface area (Å²) in [5.74, 6) is 0.590. The first-order valence-electron chi connectivity index (χ1n) is 7.54. The normalized spacial score (nSPS) is 11.3. The van der Waals surface area contributed by atoms with Gasteiger partial charge in [0.25, 0.3) is 0 Å². The molecule has 3 rings (SSSR count). The van der Waals surface area contributed by atoms with Crippen LogP contribution in [0.3, 0.4) is 0 Å². The summed E-state index contributed by atoms with van der Waals surface area (Å²) in [7, 11) is 0. The lowest BCUT2D eigenvalue weighted by molar-refractivity contribution is 0.609. The summed E-state index contributed by atoms with van der Waals surface area (Å²) in [5.41, 5.74) is 3.55. The molecule has 0 spiro atoms. The number of nitrogens with zero attached hydrogens (tertiary/aromatic N) is 2. The quantitative estimate of drug-likeness (QED) is 0.728. The minimum atomic E-state index is 0.590. The van der Waals surface area contributed by atoms with Crippen molar-refractivity contribution >= 4 is 28.2 Å². The summed E-state index contributed by atoms with van der Waals surface area (Å²) >= 11 is 5.98. The minimum absolute atomic E-state index is 0.590. The molecule has 0 aliphatic heterocycles. The molecular weight excluding hydrogens is 294 g/mol. The van der Waals surface area contributed by atoms with Gasteiger partial charge >= 0.3 is 0 Å². The Bertz CT molecular complexity index is 746. The number of halogens is 1. The van der Waals surface area contributed by atoms with Gasteiger partial charge in [-0.2, -0.15) is 5.10 Å². The van der Waals surface area contributed by atoms with E-state index in [0.29, 0.717) is 5.92 Å². The van der Waals surface area contributed by atoms with E-state index in [2.05, 4.69) is 59.3 Å².